The molecule has 0 aliphatic heterocycles. The molecule has 0 amide bonds. The highest BCUT2D eigenvalue weighted by Gasteiger charge is 2.01. The summed E-state index contributed by atoms with van der Waals surface area (Å²) in [5, 5.41) is 0. The zero-order chi connectivity index (χ0) is 8.97. The monoisotopic (exact) mass is 187 g/mol. The molecule has 0 saturated heterocycles. The van der Waals surface area contributed by atoms with Crippen LogP contribution in [-0.2, 0) is 9.09 Å². The molecule has 1 rings (SSSR count). The number of benzene rings is 1. The van der Waals surface area contributed by atoms with E-state index in [0.717, 1.165) is 0 Å². The maximum Gasteiger partial charge on any atom is 0.367 e. The van der Waals surface area contributed by atoms with Crippen molar-refractivity contribution < 1.29 is 13.6 Å². The molecule has 0 spiro atoms. The summed E-state index contributed by atoms with van der Waals surface area (Å²) >= 11 is 0. The van der Waals surface area contributed by atoms with Gasteiger partial charge in [-0.05, 0) is 12.1 Å². The van der Waals surface area contributed by atoms with Gasteiger partial charge in [0.25, 0.3) is 0 Å². The SMILES string of the molecule is CO[PH](=O)Oc1ccccc1N. The lowest BCUT2D eigenvalue weighted by atomic mass is 10.3. The Morgan fingerprint density at radius 2 is 2.08 bits per heavy atom. The fourth-order valence-electron chi connectivity index (χ4n) is 0.705. The quantitative estimate of drug-likeness (QED) is 0.577. The molecule has 66 valence electrons. The van der Waals surface area contributed by atoms with Crippen LogP contribution in [0.25, 0.3) is 0 Å². The molecule has 5 heteroatoms. The molecule has 1 unspecified atom stereocenters. The summed E-state index contributed by atoms with van der Waals surface area (Å²) in [6.45, 7) is 0. The number of hydrogen-bond acceptors (Lipinski definition) is 4. The van der Waals surface area contributed by atoms with Crippen molar-refractivity contribution in [3.63, 3.8) is 0 Å². The second-order valence-electron chi connectivity index (χ2n) is 2.09. The van der Waals surface area contributed by atoms with E-state index in [4.69, 9.17) is 10.3 Å². The van der Waals surface area contributed by atoms with E-state index < -0.39 is 8.25 Å². The smallest absolute Gasteiger partial charge is 0.367 e. The fraction of sp³-hybridized carbons (Fsp3) is 0.143. The topological polar surface area (TPSA) is 61.5 Å². The minimum absolute atomic E-state index is 0.392. The number of para-hydroxylation sites is 2. The van der Waals surface area contributed by atoms with E-state index in [9.17, 15) is 4.57 Å². The molecule has 0 heterocycles. The molecule has 1 aromatic carbocycles. The Balaban J connectivity index is 2.75. The number of rotatable bonds is 3. The molecule has 12 heavy (non-hydrogen) atoms. The minimum Gasteiger partial charge on any atom is -0.424 e. The van der Waals surface area contributed by atoms with Crippen molar-refractivity contribution in [1.82, 2.24) is 0 Å². The third kappa shape index (κ3) is 2.26. The van der Waals surface area contributed by atoms with Gasteiger partial charge in [-0.3, -0.25) is 0 Å². The fourth-order valence-corrected chi connectivity index (χ4v) is 1.15. The van der Waals surface area contributed by atoms with Gasteiger partial charge in [0.2, 0.25) is 0 Å². The van der Waals surface area contributed by atoms with Gasteiger partial charge in [-0.15, -0.1) is 0 Å². The molecule has 0 bridgehead atoms. The van der Waals surface area contributed by atoms with E-state index in [1.807, 2.05) is 0 Å². The molecule has 0 aromatic heterocycles. The summed E-state index contributed by atoms with van der Waals surface area (Å²) in [6.07, 6.45) is 0. The Bertz CT molecular complexity index is 290. The second kappa shape index (κ2) is 4.14. The molecule has 2 N–H and O–H groups in total. The van der Waals surface area contributed by atoms with E-state index in [2.05, 4.69) is 4.52 Å². The zero-order valence-electron chi connectivity index (χ0n) is 6.61. The van der Waals surface area contributed by atoms with Crippen LogP contribution < -0.4 is 10.3 Å². The Morgan fingerprint density at radius 3 is 2.67 bits per heavy atom. The van der Waals surface area contributed by atoms with Crippen molar-refractivity contribution in [2.45, 2.75) is 0 Å². The van der Waals surface area contributed by atoms with Gasteiger partial charge in [0.1, 0.15) is 0 Å². The first-order valence-electron chi connectivity index (χ1n) is 3.34. The van der Waals surface area contributed by atoms with Gasteiger partial charge in [-0.25, -0.2) is 4.57 Å². The zero-order valence-corrected chi connectivity index (χ0v) is 7.61. The first-order valence-corrected chi connectivity index (χ1v) is 4.57. The maximum absolute atomic E-state index is 10.8. The van der Waals surface area contributed by atoms with Crippen molar-refractivity contribution in [2.75, 3.05) is 12.8 Å². The van der Waals surface area contributed by atoms with Gasteiger partial charge >= 0.3 is 8.25 Å². The lowest BCUT2D eigenvalue weighted by Gasteiger charge is -2.05. The van der Waals surface area contributed by atoms with E-state index >= 15 is 0 Å². The van der Waals surface area contributed by atoms with Crippen LogP contribution in [0.4, 0.5) is 5.69 Å². The second-order valence-corrected chi connectivity index (χ2v) is 3.21. The lowest BCUT2D eigenvalue weighted by molar-refractivity contribution is 0.349. The van der Waals surface area contributed by atoms with Crippen molar-refractivity contribution in [3.8, 4) is 5.75 Å². The van der Waals surface area contributed by atoms with Crippen LogP contribution in [0.15, 0.2) is 24.3 Å². The van der Waals surface area contributed by atoms with Crippen LogP contribution >= 0.6 is 8.25 Å². The number of anilines is 1. The van der Waals surface area contributed by atoms with Crippen molar-refractivity contribution in [3.05, 3.63) is 24.3 Å². The third-order valence-corrected chi connectivity index (χ3v) is 2.00. The summed E-state index contributed by atoms with van der Waals surface area (Å²) in [5.74, 6) is 0.392. The van der Waals surface area contributed by atoms with Crippen LogP contribution in [0.5, 0.6) is 5.75 Å². The average molecular weight is 187 g/mol. The molecule has 0 aliphatic rings. The minimum atomic E-state index is -2.43. The highest BCUT2D eigenvalue weighted by atomic mass is 31.1. The molecule has 0 aliphatic carbocycles. The Labute approximate surface area is 71.2 Å². The highest BCUT2D eigenvalue weighted by Crippen LogP contribution is 2.30. The van der Waals surface area contributed by atoms with Gasteiger partial charge in [0.15, 0.2) is 5.75 Å². The molecular formula is C7H10NO3P. The van der Waals surface area contributed by atoms with Gasteiger partial charge in [0, 0.05) is 7.11 Å². The summed E-state index contributed by atoms with van der Waals surface area (Å²) in [5.41, 5.74) is 5.97. The maximum atomic E-state index is 10.8. The van der Waals surface area contributed by atoms with Crippen LogP contribution in [0.2, 0.25) is 0 Å². The lowest BCUT2D eigenvalue weighted by Crippen LogP contribution is -1.90. The Morgan fingerprint density at radius 1 is 1.42 bits per heavy atom. The van der Waals surface area contributed by atoms with Crippen LogP contribution in [0.3, 0.4) is 0 Å². The predicted molar refractivity (Wildman–Crippen MR) is 47.5 cm³/mol. The summed E-state index contributed by atoms with van der Waals surface area (Å²) in [6, 6.07) is 6.82. The predicted octanol–water partition coefficient (Wildman–Crippen LogP) is 1.68. The average Bonchev–Trinajstić information content (AvgIpc) is 2.09. The first kappa shape index (κ1) is 9.10. The summed E-state index contributed by atoms with van der Waals surface area (Å²) < 4.78 is 20.2. The number of nitrogen functional groups attached to an aromatic ring is 1. The number of hydrogen-bond donors (Lipinski definition) is 1. The number of nitrogens with two attached hydrogens (primary N) is 1. The summed E-state index contributed by atoms with van der Waals surface area (Å²) in [7, 11) is -1.11. The van der Waals surface area contributed by atoms with Crippen LogP contribution in [0, 0.1) is 0 Å². The van der Waals surface area contributed by atoms with Gasteiger partial charge < -0.3 is 14.8 Å². The first-order chi connectivity index (χ1) is 5.74. The molecule has 0 fully saturated rings. The van der Waals surface area contributed by atoms with Crippen LogP contribution in [0.1, 0.15) is 0 Å². The van der Waals surface area contributed by atoms with Crippen LogP contribution in [-0.4, -0.2) is 7.11 Å². The molecule has 1 atom stereocenters. The van der Waals surface area contributed by atoms with E-state index in [1.54, 1.807) is 24.3 Å². The van der Waals surface area contributed by atoms with Crippen molar-refractivity contribution in [1.29, 1.82) is 0 Å². The van der Waals surface area contributed by atoms with Crippen molar-refractivity contribution in [2.24, 2.45) is 0 Å². The van der Waals surface area contributed by atoms with Gasteiger partial charge in [0.05, 0.1) is 5.69 Å². The molecule has 1 aromatic rings. The molecule has 0 saturated carbocycles. The van der Waals surface area contributed by atoms with E-state index in [1.165, 1.54) is 7.11 Å². The normalized spacial score (nSPS) is 12.4. The standard InChI is InChI=1S/C7H10NO3P/c1-10-12(9)11-7-5-3-2-4-6(7)8/h2-5,12H,8H2,1H3. The molecule has 0 radical (unpaired) electrons. The van der Waals surface area contributed by atoms with Crippen molar-refractivity contribution >= 4 is 13.9 Å². The highest BCUT2D eigenvalue weighted by molar-refractivity contribution is 7.33. The molecule has 4 nitrogen and oxygen atoms in total. The summed E-state index contributed by atoms with van der Waals surface area (Å²) in [4.78, 5) is 0. The molecular weight excluding hydrogens is 177 g/mol. The van der Waals surface area contributed by atoms with E-state index in [-0.39, 0.29) is 0 Å². The van der Waals surface area contributed by atoms with Gasteiger partial charge in [-0.2, -0.15) is 0 Å². The Hall–Kier alpha value is -0.990. The van der Waals surface area contributed by atoms with Gasteiger partial charge in [-0.1, -0.05) is 12.1 Å². The van der Waals surface area contributed by atoms with E-state index in [0.29, 0.717) is 11.4 Å². The Kier molecular flexibility index (Phi) is 3.14. The third-order valence-electron chi connectivity index (χ3n) is 1.28. The largest absolute Gasteiger partial charge is 0.424 e.